The Labute approximate surface area is 140 Å². The first-order valence-electron chi connectivity index (χ1n) is 7.51. The summed E-state index contributed by atoms with van der Waals surface area (Å²) in [6.07, 6.45) is 0.655. The number of rotatable bonds is 3. The molecule has 3 rings (SSSR count). The largest absolute Gasteiger partial charge is 0.334 e. The zero-order valence-corrected chi connectivity index (χ0v) is 13.9. The molecule has 0 radical (unpaired) electrons. The van der Waals surface area contributed by atoms with Gasteiger partial charge in [0.05, 0.1) is 4.90 Å². The highest BCUT2D eigenvalue weighted by Gasteiger charge is 2.23. The van der Waals surface area contributed by atoms with Crippen LogP contribution in [0.2, 0.25) is 0 Å². The van der Waals surface area contributed by atoms with Gasteiger partial charge in [0.15, 0.2) is 0 Å². The summed E-state index contributed by atoms with van der Waals surface area (Å²) in [5.41, 5.74) is 2.26. The molecule has 5 nitrogen and oxygen atoms in total. The number of nitrogens with one attached hydrogen (secondary N) is 1. The maximum absolute atomic E-state index is 13.0. The van der Waals surface area contributed by atoms with E-state index in [1.807, 2.05) is 0 Å². The van der Waals surface area contributed by atoms with E-state index in [2.05, 4.69) is 4.72 Å². The Kier molecular flexibility index (Phi) is 4.38. The molecule has 1 aliphatic heterocycles. The summed E-state index contributed by atoms with van der Waals surface area (Å²) in [6, 6.07) is 10.4. The summed E-state index contributed by atoms with van der Waals surface area (Å²) >= 11 is 0. The van der Waals surface area contributed by atoms with Gasteiger partial charge in [-0.2, -0.15) is 0 Å². The molecule has 7 heteroatoms. The lowest BCUT2D eigenvalue weighted by molar-refractivity contribution is 0.0734. The minimum absolute atomic E-state index is 0.180. The summed E-state index contributed by atoms with van der Waals surface area (Å²) in [5, 5.41) is 0. The van der Waals surface area contributed by atoms with Gasteiger partial charge in [0.1, 0.15) is 5.82 Å². The van der Waals surface area contributed by atoms with Crippen molar-refractivity contribution in [2.24, 2.45) is 0 Å². The number of hydrogen-bond donors (Lipinski definition) is 1. The summed E-state index contributed by atoms with van der Waals surface area (Å²) in [6.45, 7) is 0.875. The fourth-order valence-electron chi connectivity index (χ4n) is 2.77. The second kappa shape index (κ2) is 6.33. The molecule has 0 fully saturated rings. The van der Waals surface area contributed by atoms with Crippen molar-refractivity contribution >= 4 is 15.9 Å². The van der Waals surface area contributed by atoms with E-state index >= 15 is 0 Å². The first-order chi connectivity index (χ1) is 11.4. The number of amides is 1. The Morgan fingerprint density at radius 2 is 1.83 bits per heavy atom. The lowest BCUT2D eigenvalue weighted by atomic mass is 9.99. The van der Waals surface area contributed by atoms with Gasteiger partial charge < -0.3 is 4.90 Å². The normalized spacial score (nSPS) is 14.3. The van der Waals surface area contributed by atoms with Gasteiger partial charge in [0, 0.05) is 18.7 Å². The van der Waals surface area contributed by atoms with Crippen molar-refractivity contribution in [3.8, 4) is 0 Å². The monoisotopic (exact) mass is 348 g/mol. The minimum Gasteiger partial charge on any atom is -0.334 e. The van der Waals surface area contributed by atoms with E-state index in [0.29, 0.717) is 25.1 Å². The zero-order chi connectivity index (χ0) is 17.3. The molecule has 1 heterocycles. The smallest absolute Gasteiger partial charge is 0.254 e. The molecule has 1 N–H and O–H groups in total. The van der Waals surface area contributed by atoms with Crippen LogP contribution in [0.3, 0.4) is 0 Å². The van der Waals surface area contributed by atoms with Crippen LogP contribution in [0.1, 0.15) is 21.5 Å². The van der Waals surface area contributed by atoms with Crippen molar-refractivity contribution in [2.75, 3.05) is 13.6 Å². The van der Waals surface area contributed by atoms with Gasteiger partial charge in [-0.15, -0.1) is 0 Å². The van der Waals surface area contributed by atoms with Gasteiger partial charge in [0.2, 0.25) is 10.0 Å². The van der Waals surface area contributed by atoms with E-state index in [1.165, 1.54) is 31.3 Å². The van der Waals surface area contributed by atoms with Crippen molar-refractivity contribution in [3.05, 3.63) is 65.0 Å². The highest BCUT2D eigenvalue weighted by atomic mass is 32.2. The number of sulfonamides is 1. The molecule has 126 valence electrons. The van der Waals surface area contributed by atoms with Crippen molar-refractivity contribution in [1.29, 1.82) is 0 Å². The van der Waals surface area contributed by atoms with Crippen molar-refractivity contribution in [2.45, 2.75) is 17.9 Å². The molecule has 0 unspecified atom stereocenters. The lowest BCUT2D eigenvalue weighted by Gasteiger charge is -2.29. The molecule has 2 aromatic rings. The summed E-state index contributed by atoms with van der Waals surface area (Å²) in [4.78, 5) is 14.4. The Balaban J connectivity index is 1.86. The summed E-state index contributed by atoms with van der Waals surface area (Å²) in [7, 11) is -2.16. The summed E-state index contributed by atoms with van der Waals surface area (Å²) in [5.74, 6) is -0.583. The fraction of sp³-hybridized carbons (Fsp3) is 0.235. The topological polar surface area (TPSA) is 66.5 Å². The Morgan fingerprint density at radius 3 is 2.50 bits per heavy atom. The number of halogens is 1. The molecule has 1 amide bonds. The Hall–Kier alpha value is -2.25. The second-order valence-corrected chi connectivity index (χ2v) is 7.51. The molecule has 0 spiro atoms. The van der Waals surface area contributed by atoms with Crippen LogP contribution in [0.5, 0.6) is 0 Å². The second-order valence-electron chi connectivity index (χ2n) is 5.62. The molecule has 0 atom stereocenters. The molecule has 0 bridgehead atoms. The predicted octanol–water partition coefficient (Wildman–Crippen LogP) is 1.93. The minimum atomic E-state index is -3.52. The number of nitrogens with zero attached hydrogens (tertiary/aromatic N) is 1. The van der Waals surface area contributed by atoms with Crippen LogP contribution in [0, 0.1) is 5.82 Å². The van der Waals surface area contributed by atoms with Crippen molar-refractivity contribution in [3.63, 3.8) is 0 Å². The third kappa shape index (κ3) is 3.18. The van der Waals surface area contributed by atoms with Crippen LogP contribution in [-0.2, 0) is 23.0 Å². The van der Waals surface area contributed by atoms with Crippen LogP contribution in [0.15, 0.2) is 47.4 Å². The molecule has 0 aromatic heterocycles. The van der Waals surface area contributed by atoms with Gasteiger partial charge in [-0.25, -0.2) is 17.5 Å². The quantitative estimate of drug-likeness (QED) is 0.922. The van der Waals surface area contributed by atoms with Gasteiger partial charge in [-0.3, -0.25) is 4.79 Å². The summed E-state index contributed by atoms with van der Waals surface area (Å²) < 4.78 is 39.1. The van der Waals surface area contributed by atoms with Crippen LogP contribution >= 0.6 is 0 Å². The molecule has 1 aliphatic rings. The van der Waals surface area contributed by atoms with Crippen molar-refractivity contribution in [1.82, 2.24) is 9.62 Å². The lowest BCUT2D eigenvalue weighted by Crippen LogP contribution is -2.36. The molecule has 24 heavy (non-hydrogen) atoms. The van der Waals surface area contributed by atoms with Crippen LogP contribution in [-0.4, -0.2) is 32.8 Å². The standard InChI is InChI=1S/C17H17FN2O3S/c1-19-24(22,23)16-7-4-12-8-9-20(11-14(12)10-16)17(21)13-2-5-15(18)6-3-13/h2-7,10,19H,8-9,11H2,1H3. The van der Waals surface area contributed by atoms with Gasteiger partial charge in [-0.05, 0) is 61.0 Å². The van der Waals surface area contributed by atoms with E-state index in [4.69, 9.17) is 0 Å². The first-order valence-corrected chi connectivity index (χ1v) is 8.99. The molecular weight excluding hydrogens is 331 g/mol. The average Bonchev–Trinajstić information content (AvgIpc) is 2.60. The molecule has 0 saturated heterocycles. The molecule has 2 aromatic carbocycles. The van der Waals surface area contributed by atoms with Gasteiger partial charge >= 0.3 is 0 Å². The van der Waals surface area contributed by atoms with Crippen LogP contribution in [0.4, 0.5) is 4.39 Å². The van der Waals surface area contributed by atoms with Crippen molar-refractivity contribution < 1.29 is 17.6 Å². The number of benzene rings is 2. The highest BCUT2D eigenvalue weighted by Crippen LogP contribution is 2.23. The van der Waals surface area contributed by atoms with E-state index in [1.54, 1.807) is 23.1 Å². The van der Waals surface area contributed by atoms with E-state index in [9.17, 15) is 17.6 Å². The number of hydrogen-bond acceptors (Lipinski definition) is 3. The van der Waals surface area contributed by atoms with Crippen LogP contribution < -0.4 is 4.72 Å². The van der Waals surface area contributed by atoms with Gasteiger partial charge in [0.25, 0.3) is 5.91 Å². The third-order valence-electron chi connectivity index (χ3n) is 4.15. The molecule has 0 saturated carbocycles. The zero-order valence-electron chi connectivity index (χ0n) is 13.1. The fourth-order valence-corrected chi connectivity index (χ4v) is 3.55. The van der Waals surface area contributed by atoms with Gasteiger partial charge in [-0.1, -0.05) is 6.07 Å². The predicted molar refractivity (Wildman–Crippen MR) is 87.5 cm³/mol. The van der Waals surface area contributed by atoms with E-state index in [-0.39, 0.29) is 10.8 Å². The average molecular weight is 348 g/mol. The SMILES string of the molecule is CNS(=O)(=O)c1ccc2c(c1)CN(C(=O)c1ccc(F)cc1)CC2. The van der Waals surface area contributed by atoms with Crippen LogP contribution in [0.25, 0.3) is 0 Å². The molecular formula is C17H17FN2O3S. The Bertz CT molecular complexity index is 879. The number of fused-ring (bicyclic) bond motifs is 1. The number of carbonyl (C=O) groups excluding carboxylic acids is 1. The number of carbonyl (C=O) groups is 1. The van der Waals surface area contributed by atoms with E-state index in [0.717, 1.165) is 11.1 Å². The Morgan fingerprint density at radius 1 is 1.12 bits per heavy atom. The maximum atomic E-state index is 13.0. The first kappa shape index (κ1) is 16.6. The van der Waals surface area contributed by atoms with E-state index < -0.39 is 15.8 Å². The third-order valence-corrected chi connectivity index (χ3v) is 5.56. The molecule has 0 aliphatic carbocycles. The maximum Gasteiger partial charge on any atom is 0.254 e. The highest BCUT2D eigenvalue weighted by molar-refractivity contribution is 7.89.